The van der Waals surface area contributed by atoms with Crippen LogP contribution in [0.25, 0.3) is 10.8 Å². The number of primary amides is 1. The number of rotatable bonds is 6. The Bertz CT molecular complexity index is 891. The van der Waals surface area contributed by atoms with Crippen molar-refractivity contribution in [2.24, 2.45) is 5.73 Å². The SMILES string of the molecule is NC(=O)[C@@H](CCc1ccccc1)NC(=O)c1ccc2ccccc2c1. The van der Waals surface area contributed by atoms with Crippen LogP contribution in [0, 0.1) is 0 Å². The number of hydrogen-bond donors (Lipinski definition) is 2. The number of nitrogens with two attached hydrogens (primary N) is 1. The van der Waals surface area contributed by atoms with Crippen LogP contribution in [0.1, 0.15) is 22.3 Å². The van der Waals surface area contributed by atoms with E-state index in [2.05, 4.69) is 5.32 Å². The Morgan fingerprint density at radius 2 is 1.56 bits per heavy atom. The fourth-order valence-corrected chi connectivity index (χ4v) is 2.81. The van der Waals surface area contributed by atoms with Crippen molar-refractivity contribution < 1.29 is 9.59 Å². The molecule has 126 valence electrons. The number of benzene rings is 3. The lowest BCUT2D eigenvalue weighted by molar-refractivity contribution is -0.120. The summed E-state index contributed by atoms with van der Waals surface area (Å²) in [5.74, 6) is -0.812. The van der Waals surface area contributed by atoms with Gasteiger partial charge in [-0.05, 0) is 41.3 Å². The number of carbonyl (C=O) groups is 2. The summed E-state index contributed by atoms with van der Waals surface area (Å²) < 4.78 is 0. The van der Waals surface area contributed by atoms with Crippen molar-refractivity contribution in [3.8, 4) is 0 Å². The molecule has 0 heterocycles. The number of amides is 2. The Balaban J connectivity index is 1.70. The maximum atomic E-state index is 12.5. The first-order chi connectivity index (χ1) is 12.1. The smallest absolute Gasteiger partial charge is 0.251 e. The van der Waals surface area contributed by atoms with Crippen LogP contribution >= 0.6 is 0 Å². The minimum absolute atomic E-state index is 0.289. The Morgan fingerprint density at radius 3 is 2.28 bits per heavy atom. The van der Waals surface area contributed by atoms with E-state index < -0.39 is 11.9 Å². The second-order valence-corrected chi connectivity index (χ2v) is 6.01. The maximum absolute atomic E-state index is 12.5. The molecule has 1 atom stereocenters. The van der Waals surface area contributed by atoms with E-state index in [0.717, 1.165) is 16.3 Å². The molecule has 25 heavy (non-hydrogen) atoms. The van der Waals surface area contributed by atoms with Gasteiger partial charge >= 0.3 is 0 Å². The lowest BCUT2D eigenvalue weighted by Crippen LogP contribution is -2.44. The molecule has 4 nitrogen and oxygen atoms in total. The van der Waals surface area contributed by atoms with Crippen molar-refractivity contribution in [1.82, 2.24) is 5.32 Å². The first-order valence-corrected chi connectivity index (χ1v) is 8.26. The third-order valence-corrected chi connectivity index (χ3v) is 4.22. The highest BCUT2D eigenvalue weighted by molar-refractivity contribution is 6.00. The molecule has 0 aliphatic heterocycles. The molecular formula is C21H20N2O2. The number of nitrogens with one attached hydrogen (secondary N) is 1. The van der Waals surface area contributed by atoms with Gasteiger partial charge in [0.2, 0.25) is 5.91 Å². The van der Waals surface area contributed by atoms with Gasteiger partial charge in [0, 0.05) is 5.56 Å². The average molecular weight is 332 g/mol. The summed E-state index contributed by atoms with van der Waals surface area (Å²) in [5, 5.41) is 4.80. The molecule has 0 saturated carbocycles. The maximum Gasteiger partial charge on any atom is 0.251 e. The molecule has 0 bridgehead atoms. The largest absolute Gasteiger partial charge is 0.368 e. The molecule has 3 N–H and O–H groups in total. The van der Waals surface area contributed by atoms with Gasteiger partial charge in [-0.3, -0.25) is 9.59 Å². The van der Waals surface area contributed by atoms with E-state index in [0.29, 0.717) is 18.4 Å². The second kappa shape index (κ2) is 7.62. The lowest BCUT2D eigenvalue weighted by Gasteiger charge is -2.16. The summed E-state index contributed by atoms with van der Waals surface area (Å²) >= 11 is 0. The zero-order valence-electron chi connectivity index (χ0n) is 13.8. The predicted molar refractivity (Wildman–Crippen MR) is 99.2 cm³/mol. The van der Waals surface area contributed by atoms with Gasteiger partial charge in [-0.1, -0.05) is 60.7 Å². The molecule has 0 radical (unpaired) electrons. The molecule has 0 unspecified atom stereocenters. The van der Waals surface area contributed by atoms with Crippen LogP contribution < -0.4 is 11.1 Å². The summed E-state index contributed by atoms with van der Waals surface area (Å²) in [4.78, 5) is 24.2. The van der Waals surface area contributed by atoms with E-state index in [4.69, 9.17) is 5.73 Å². The van der Waals surface area contributed by atoms with E-state index in [1.807, 2.05) is 66.7 Å². The van der Waals surface area contributed by atoms with Crippen molar-refractivity contribution in [2.45, 2.75) is 18.9 Å². The van der Waals surface area contributed by atoms with Crippen LogP contribution in [0.5, 0.6) is 0 Å². The monoisotopic (exact) mass is 332 g/mol. The number of hydrogen-bond acceptors (Lipinski definition) is 2. The Hall–Kier alpha value is -3.14. The third-order valence-electron chi connectivity index (χ3n) is 4.22. The topological polar surface area (TPSA) is 72.2 Å². The van der Waals surface area contributed by atoms with Gasteiger partial charge in [-0.25, -0.2) is 0 Å². The van der Waals surface area contributed by atoms with Crippen LogP contribution in [0.3, 0.4) is 0 Å². The first kappa shape index (κ1) is 16.7. The molecule has 3 aromatic rings. The molecule has 0 spiro atoms. The molecule has 0 saturated heterocycles. The fourth-order valence-electron chi connectivity index (χ4n) is 2.81. The van der Waals surface area contributed by atoms with Gasteiger partial charge in [0.05, 0.1) is 0 Å². The molecule has 0 aliphatic carbocycles. The minimum atomic E-state index is -0.695. The standard InChI is InChI=1S/C21H20N2O2/c22-20(24)19(13-10-15-6-2-1-3-7-15)23-21(25)18-12-11-16-8-4-5-9-17(16)14-18/h1-9,11-12,14,19H,10,13H2,(H2,22,24)(H,23,25)/t19-/m1/s1. The normalized spacial score (nSPS) is 11.8. The summed E-state index contributed by atoms with van der Waals surface area (Å²) in [6.07, 6.45) is 1.14. The van der Waals surface area contributed by atoms with E-state index in [1.165, 1.54) is 0 Å². The summed E-state index contributed by atoms with van der Waals surface area (Å²) in [6.45, 7) is 0. The van der Waals surface area contributed by atoms with Gasteiger partial charge in [0.1, 0.15) is 6.04 Å². The van der Waals surface area contributed by atoms with Gasteiger partial charge < -0.3 is 11.1 Å². The highest BCUT2D eigenvalue weighted by Crippen LogP contribution is 2.16. The van der Waals surface area contributed by atoms with Crippen LogP contribution in [0.4, 0.5) is 0 Å². The molecule has 3 rings (SSSR count). The highest BCUT2D eigenvalue weighted by Gasteiger charge is 2.19. The van der Waals surface area contributed by atoms with Crippen LogP contribution in [0.15, 0.2) is 72.8 Å². The van der Waals surface area contributed by atoms with Crippen molar-refractivity contribution in [3.05, 3.63) is 83.9 Å². The van der Waals surface area contributed by atoms with E-state index >= 15 is 0 Å². The van der Waals surface area contributed by atoms with Crippen molar-refractivity contribution in [2.75, 3.05) is 0 Å². The molecular weight excluding hydrogens is 312 g/mol. The molecule has 0 aromatic heterocycles. The van der Waals surface area contributed by atoms with E-state index in [1.54, 1.807) is 6.07 Å². The minimum Gasteiger partial charge on any atom is -0.368 e. The van der Waals surface area contributed by atoms with Crippen molar-refractivity contribution >= 4 is 22.6 Å². The van der Waals surface area contributed by atoms with Crippen LogP contribution in [-0.2, 0) is 11.2 Å². The van der Waals surface area contributed by atoms with Crippen molar-refractivity contribution in [1.29, 1.82) is 0 Å². The molecule has 0 aliphatic rings. The number of aryl methyl sites for hydroxylation is 1. The zero-order valence-corrected chi connectivity index (χ0v) is 13.8. The van der Waals surface area contributed by atoms with Crippen LogP contribution in [-0.4, -0.2) is 17.9 Å². The Kier molecular flexibility index (Phi) is 5.09. The Morgan fingerprint density at radius 1 is 0.880 bits per heavy atom. The first-order valence-electron chi connectivity index (χ1n) is 8.26. The van der Waals surface area contributed by atoms with Gasteiger partial charge in [-0.15, -0.1) is 0 Å². The quantitative estimate of drug-likeness (QED) is 0.728. The van der Waals surface area contributed by atoms with Gasteiger partial charge in [-0.2, -0.15) is 0 Å². The Labute approximate surface area is 146 Å². The van der Waals surface area contributed by atoms with E-state index in [9.17, 15) is 9.59 Å². The molecule has 4 heteroatoms. The zero-order chi connectivity index (χ0) is 17.6. The predicted octanol–water partition coefficient (Wildman–Crippen LogP) is 3.06. The number of fused-ring (bicyclic) bond motifs is 1. The summed E-state index contributed by atoms with van der Waals surface area (Å²) in [7, 11) is 0. The third kappa shape index (κ3) is 4.23. The fraction of sp³-hybridized carbons (Fsp3) is 0.143. The highest BCUT2D eigenvalue weighted by atomic mass is 16.2. The second-order valence-electron chi connectivity index (χ2n) is 6.01. The van der Waals surface area contributed by atoms with Crippen molar-refractivity contribution in [3.63, 3.8) is 0 Å². The molecule has 3 aromatic carbocycles. The molecule has 2 amide bonds. The van der Waals surface area contributed by atoms with Crippen LogP contribution in [0.2, 0.25) is 0 Å². The average Bonchev–Trinajstić information content (AvgIpc) is 2.65. The summed E-state index contributed by atoms with van der Waals surface area (Å²) in [5.41, 5.74) is 7.09. The van der Waals surface area contributed by atoms with Gasteiger partial charge in [0.15, 0.2) is 0 Å². The number of carbonyl (C=O) groups excluding carboxylic acids is 2. The lowest BCUT2D eigenvalue weighted by atomic mass is 10.0. The summed E-state index contributed by atoms with van der Waals surface area (Å²) in [6, 6.07) is 22.4. The van der Waals surface area contributed by atoms with E-state index in [-0.39, 0.29) is 5.91 Å². The molecule has 0 fully saturated rings. The van der Waals surface area contributed by atoms with Gasteiger partial charge in [0.25, 0.3) is 5.91 Å².